The third-order valence-electron chi connectivity index (χ3n) is 1.84. The van der Waals surface area contributed by atoms with Gasteiger partial charge in [-0.3, -0.25) is 4.79 Å². The maximum atomic E-state index is 12.8. The van der Waals surface area contributed by atoms with Gasteiger partial charge in [0.25, 0.3) is 5.78 Å². The average molecular weight is 282 g/mol. The summed E-state index contributed by atoms with van der Waals surface area (Å²) < 4.78 is 17.2. The SMILES string of the molecule is CCOC(=O)C(=O)C=C(O)c1cnc(F)c(Cl)c1.[H-].[Li+]. The number of pyridine rings is 1. The summed E-state index contributed by atoms with van der Waals surface area (Å²) in [7, 11) is 0. The molecule has 0 atom stereocenters. The average Bonchev–Trinajstić information content (AvgIpc) is 2.32. The van der Waals surface area contributed by atoms with Gasteiger partial charge in [-0.15, -0.1) is 0 Å². The van der Waals surface area contributed by atoms with Crippen LogP contribution >= 0.6 is 11.6 Å². The van der Waals surface area contributed by atoms with Gasteiger partial charge in [0.1, 0.15) is 5.76 Å². The molecule has 0 unspecified atom stereocenters. The van der Waals surface area contributed by atoms with Crippen molar-refractivity contribution in [3.63, 3.8) is 0 Å². The first-order chi connectivity index (χ1) is 8.45. The summed E-state index contributed by atoms with van der Waals surface area (Å²) in [5.41, 5.74) is 0.0130. The number of aliphatic hydroxyl groups is 1. The number of carbonyl (C=O) groups excluding carboxylic acids is 2. The first-order valence-electron chi connectivity index (χ1n) is 4.88. The number of carbonyl (C=O) groups is 2. The molecule has 1 aromatic heterocycles. The fraction of sp³-hybridized carbons (Fsp3) is 0.182. The summed E-state index contributed by atoms with van der Waals surface area (Å²) in [6, 6.07) is 1.08. The van der Waals surface area contributed by atoms with Crippen LogP contribution < -0.4 is 18.9 Å². The Morgan fingerprint density at radius 2 is 2.26 bits per heavy atom. The van der Waals surface area contributed by atoms with E-state index in [1.165, 1.54) is 0 Å². The van der Waals surface area contributed by atoms with Crippen LogP contribution in [0, 0.1) is 5.95 Å². The van der Waals surface area contributed by atoms with Gasteiger partial charge in [-0.1, -0.05) is 11.6 Å². The number of ether oxygens (including phenoxy) is 1. The van der Waals surface area contributed by atoms with E-state index in [2.05, 4.69) is 9.72 Å². The standard InChI is InChI=1S/C11H9ClFNO4.Li.H/c1-2-18-11(17)9(16)4-8(15)6-3-7(12)10(13)14-5-6;;/h3-5,15H,2H2,1H3;;/q;+1;-1. The van der Waals surface area contributed by atoms with Gasteiger partial charge < -0.3 is 11.3 Å². The molecule has 98 valence electrons. The van der Waals surface area contributed by atoms with Crippen molar-refractivity contribution in [1.29, 1.82) is 0 Å². The third kappa shape index (κ3) is 5.03. The number of halogens is 2. The maximum absolute atomic E-state index is 12.8. The van der Waals surface area contributed by atoms with E-state index in [9.17, 15) is 19.1 Å². The largest absolute Gasteiger partial charge is 1.00 e. The first-order valence-corrected chi connectivity index (χ1v) is 5.26. The molecule has 0 saturated carbocycles. The molecular weight excluding hydrogens is 272 g/mol. The molecule has 0 fully saturated rings. The monoisotopic (exact) mass is 281 g/mol. The van der Waals surface area contributed by atoms with Crippen LogP contribution in [0.1, 0.15) is 13.9 Å². The molecule has 0 radical (unpaired) electrons. The number of aromatic nitrogens is 1. The van der Waals surface area contributed by atoms with Crippen molar-refractivity contribution >= 4 is 29.1 Å². The van der Waals surface area contributed by atoms with Crippen LogP contribution in [-0.2, 0) is 14.3 Å². The zero-order chi connectivity index (χ0) is 13.7. The predicted octanol–water partition coefficient (Wildman–Crippen LogP) is -0.978. The molecule has 0 spiro atoms. The Labute approximate surface area is 127 Å². The van der Waals surface area contributed by atoms with Crippen molar-refractivity contribution in [3.05, 3.63) is 34.9 Å². The van der Waals surface area contributed by atoms with Crippen molar-refractivity contribution in [2.24, 2.45) is 0 Å². The Hall–Kier alpha value is -1.35. The van der Waals surface area contributed by atoms with E-state index in [0.29, 0.717) is 6.08 Å². The predicted molar refractivity (Wildman–Crippen MR) is 62.6 cm³/mol. The summed E-state index contributed by atoms with van der Waals surface area (Å²) in [5.74, 6) is -3.58. The number of esters is 1. The summed E-state index contributed by atoms with van der Waals surface area (Å²) >= 11 is 5.45. The van der Waals surface area contributed by atoms with Crippen LogP contribution in [0.3, 0.4) is 0 Å². The minimum Gasteiger partial charge on any atom is -1.00 e. The minimum absolute atomic E-state index is 0. The molecule has 1 heterocycles. The molecule has 1 rings (SSSR count). The number of aliphatic hydroxyl groups excluding tert-OH is 1. The van der Waals surface area contributed by atoms with Crippen molar-refractivity contribution < 1.29 is 44.1 Å². The molecule has 0 bridgehead atoms. The van der Waals surface area contributed by atoms with E-state index in [0.717, 1.165) is 12.3 Å². The maximum Gasteiger partial charge on any atom is 1.00 e. The fourth-order valence-electron chi connectivity index (χ4n) is 1.03. The number of nitrogens with zero attached hydrogens (tertiary/aromatic N) is 1. The van der Waals surface area contributed by atoms with E-state index >= 15 is 0 Å². The Bertz CT molecular complexity index is 527. The van der Waals surface area contributed by atoms with Gasteiger partial charge in [-0.2, -0.15) is 4.39 Å². The summed E-state index contributed by atoms with van der Waals surface area (Å²) in [5, 5.41) is 9.23. The molecule has 1 N–H and O–H groups in total. The van der Waals surface area contributed by atoms with Crippen LogP contribution in [0.25, 0.3) is 5.76 Å². The zero-order valence-corrected chi connectivity index (χ0v) is 11.1. The molecular formula is C11H10ClFLiNO4. The van der Waals surface area contributed by atoms with Gasteiger partial charge in [0.15, 0.2) is 0 Å². The Kier molecular flexibility index (Phi) is 7.38. The Balaban J connectivity index is 0. The third-order valence-corrected chi connectivity index (χ3v) is 2.10. The number of rotatable bonds is 4. The fourth-order valence-corrected chi connectivity index (χ4v) is 1.20. The molecule has 0 aliphatic rings. The van der Waals surface area contributed by atoms with Crippen molar-refractivity contribution in [3.8, 4) is 0 Å². The normalized spacial score (nSPS) is 10.6. The molecule has 0 aliphatic heterocycles. The number of ketones is 1. The second-order valence-corrected chi connectivity index (χ2v) is 3.52. The molecule has 5 nitrogen and oxygen atoms in total. The minimum atomic E-state index is -1.09. The molecule has 0 saturated heterocycles. The molecule has 0 aromatic carbocycles. The van der Waals surface area contributed by atoms with Crippen LogP contribution in [0.4, 0.5) is 4.39 Å². The molecule has 19 heavy (non-hydrogen) atoms. The molecule has 0 amide bonds. The van der Waals surface area contributed by atoms with Gasteiger partial charge in [0.05, 0.1) is 11.6 Å². The van der Waals surface area contributed by atoms with Gasteiger partial charge >= 0.3 is 24.8 Å². The van der Waals surface area contributed by atoms with E-state index in [1.807, 2.05) is 0 Å². The quantitative estimate of drug-likeness (QED) is 0.192. The van der Waals surface area contributed by atoms with Crippen LogP contribution in [0.5, 0.6) is 0 Å². The van der Waals surface area contributed by atoms with Crippen molar-refractivity contribution in [2.75, 3.05) is 6.61 Å². The van der Waals surface area contributed by atoms with Crippen molar-refractivity contribution in [2.45, 2.75) is 6.92 Å². The van der Waals surface area contributed by atoms with Crippen LogP contribution in [0.2, 0.25) is 5.02 Å². The molecule has 0 aliphatic carbocycles. The number of hydrogen-bond acceptors (Lipinski definition) is 5. The Morgan fingerprint density at radius 3 is 2.79 bits per heavy atom. The van der Waals surface area contributed by atoms with Gasteiger partial charge in [-0.05, 0) is 13.0 Å². The van der Waals surface area contributed by atoms with E-state index in [-0.39, 0.29) is 37.5 Å². The van der Waals surface area contributed by atoms with Crippen LogP contribution in [0.15, 0.2) is 18.3 Å². The smallest absolute Gasteiger partial charge is 1.00 e. The summed E-state index contributed by atoms with van der Waals surface area (Å²) in [4.78, 5) is 25.5. The topological polar surface area (TPSA) is 76.5 Å². The van der Waals surface area contributed by atoms with Crippen LogP contribution in [-0.4, -0.2) is 28.4 Å². The zero-order valence-electron chi connectivity index (χ0n) is 11.3. The second kappa shape index (κ2) is 7.95. The molecule has 1 aromatic rings. The van der Waals surface area contributed by atoms with Gasteiger partial charge in [0.2, 0.25) is 5.95 Å². The van der Waals surface area contributed by atoms with E-state index in [1.54, 1.807) is 6.92 Å². The van der Waals surface area contributed by atoms with Gasteiger partial charge in [0, 0.05) is 17.8 Å². The second-order valence-electron chi connectivity index (χ2n) is 3.11. The molecule has 8 heteroatoms. The number of hydrogen-bond donors (Lipinski definition) is 1. The van der Waals surface area contributed by atoms with Gasteiger partial charge in [-0.25, -0.2) is 9.78 Å². The van der Waals surface area contributed by atoms with E-state index in [4.69, 9.17) is 11.6 Å². The Morgan fingerprint density at radius 1 is 1.63 bits per heavy atom. The summed E-state index contributed by atoms with van der Waals surface area (Å²) in [6.45, 7) is 1.58. The van der Waals surface area contributed by atoms with Crippen molar-refractivity contribution in [1.82, 2.24) is 4.98 Å². The summed E-state index contributed by atoms with van der Waals surface area (Å²) in [6.07, 6.45) is 1.63. The first kappa shape index (κ1) is 17.6. The van der Waals surface area contributed by atoms with E-state index < -0.39 is 23.5 Å².